The van der Waals surface area contributed by atoms with Gasteiger partial charge in [-0.1, -0.05) is 0 Å². The Labute approximate surface area is 93.7 Å². The number of rotatable bonds is 2. The molecule has 3 nitrogen and oxygen atoms in total. The molecule has 1 rings (SSSR count). The molecule has 0 N–H and O–H groups in total. The van der Waals surface area contributed by atoms with Gasteiger partial charge in [0.1, 0.15) is 11.6 Å². The predicted molar refractivity (Wildman–Crippen MR) is 53.2 cm³/mol. The van der Waals surface area contributed by atoms with Crippen LogP contribution in [0.4, 0.5) is 8.78 Å². The number of hydroxylamine groups is 2. The minimum Gasteiger partial charge on any atom is -0.274 e. The van der Waals surface area contributed by atoms with E-state index in [1.807, 2.05) is 0 Å². The highest BCUT2D eigenvalue weighted by atomic mass is 79.9. The van der Waals surface area contributed by atoms with Gasteiger partial charge in [-0.05, 0) is 28.1 Å². The molecule has 0 bridgehead atoms. The molecule has 0 saturated carbocycles. The number of nitrogens with zero attached hydrogens (tertiary/aromatic N) is 1. The van der Waals surface area contributed by atoms with Gasteiger partial charge in [0.15, 0.2) is 0 Å². The van der Waals surface area contributed by atoms with Crippen LogP contribution in [0, 0.1) is 11.6 Å². The molecule has 0 atom stereocenters. The molecule has 0 aliphatic rings. The van der Waals surface area contributed by atoms with Crippen molar-refractivity contribution in [3.05, 3.63) is 33.8 Å². The van der Waals surface area contributed by atoms with Crippen LogP contribution in [0.5, 0.6) is 0 Å². The van der Waals surface area contributed by atoms with E-state index >= 15 is 0 Å². The first-order valence-corrected chi connectivity index (χ1v) is 4.73. The second-order valence-corrected chi connectivity index (χ2v) is 3.53. The quantitative estimate of drug-likeness (QED) is 0.615. The van der Waals surface area contributed by atoms with Crippen LogP contribution in [0.25, 0.3) is 0 Å². The van der Waals surface area contributed by atoms with E-state index in [2.05, 4.69) is 20.8 Å². The molecule has 0 aliphatic heterocycles. The molecule has 1 aromatic carbocycles. The summed E-state index contributed by atoms with van der Waals surface area (Å²) in [6.07, 6.45) is 0. The molecule has 1 aromatic rings. The van der Waals surface area contributed by atoms with Crippen molar-refractivity contribution >= 4 is 21.8 Å². The molecule has 82 valence electrons. The van der Waals surface area contributed by atoms with Crippen LogP contribution in [-0.4, -0.2) is 25.1 Å². The molecule has 0 aromatic heterocycles. The maximum Gasteiger partial charge on any atom is 0.277 e. The molecule has 0 heterocycles. The maximum absolute atomic E-state index is 13.1. The van der Waals surface area contributed by atoms with E-state index in [9.17, 15) is 13.6 Å². The van der Waals surface area contributed by atoms with Gasteiger partial charge in [0, 0.05) is 12.6 Å². The topological polar surface area (TPSA) is 29.5 Å². The lowest BCUT2D eigenvalue weighted by Crippen LogP contribution is -2.25. The summed E-state index contributed by atoms with van der Waals surface area (Å²) in [5, 5.41) is 0.877. The van der Waals surface area contributed by atoms with Crippen LogP contribution in [-0.2, 0) is 4.84 Å². The normalized spacial score (nSPS) is 10.2. The van der Waals surface area contributed by atoms with Crippen LogP contribution >= 0.6 is 15.9 Å². The Morgan fingerprint density at radius 2 is 1.87 bits per heavy atom. The number of hydrogen-bond acceptors (Lipinski definition) is 2. The fraction of sp³-hybridized carbons (Fsp3) is 0.222. The third-order valence-corrected chi connectivity index (χ3v) is 2.55. The van der Waals surface area contributed by atoms with Crippen LogP contribution < -0.4 is 0 Å². The van der Waals surface area contributed by atoms with Crippen molar-refractivity contribution in [1.82, 2.24) is 5.06 Å². The van der Waals surface area contributed by atoms with Gasteiger partial charge in [0.05, 0.1) is 11.6 Å². The molecular formula is C9H8BrF2NO2. The van der Waals surface area contributed by atoms with Gasteiger partial charge in [0.2, 0.25) is 0 Å². The fourth-order valence-electron chi connectivity index (χ4n) is 0.944. The standard InChI is InChI=1S/C9H8BrF2NO2/c1-13(15-2)9(14)5-3-6(11)8(10)7(12)4-5/h3-4H,1-2H3. The van der Waals surface area contributed by atoms with Crippen molar-refractivity contribution in [3.8, 4) is 0 Å². The second kappa shape index (κ2) is 4.67. The Morgan fingerprint density at radius 3 is 2.27 bits per heavy atom. The zero-order chi connectivity index (χ0) is 11.6. The van der Waals surface area contributed by atoms with E-state index in [1.54, 1.807) is 0 Å². The number of carbonyl (C=O) groups is 1. The Kier molecular flexibility index (Phi) is 3.76. The molecule has 0 radical (unpaired) electrons. The first-order chi connectivity index (χ1) is 6.97. The van der Waals surface area contributed by atoms with E-state index in [0.717, 1.165) is 17.2 Å². The van der Waals surface area contributed by atoms with Crippen LogP contribution in [0.15, 0.2) is 16.6 Å². The monoisotopic (exact) mass is 279 g/mol. The zero-order valence-corrected chi connectivity index (χ0v) is 9.64. The smallest absolute Gasteiger partial charge is 0.274 e. The lowest BCUT2D eigenvalue weighted by atomic mass is 10.2. The van der Waals surface area contributed by atoms with Gasteiger partial charge in [-0.25, -0.2) is 13.8 Å². The van der Waals surface area contributed by atoms with Crippen LogP contribution in [0.1, 0.15) is 10.4 Å². The van der Waals surface area contributed by atoms with Gasteiger partial charge in [-0.2, -0.15) is 0 Å². The molecule has 0 saturated heterocycles. The lowest BCUT2D eigenvalue weighted by molar-refractivity contribution is -0.0757. The minimum atomic E-state index is -0.831. The largest absolute Gasteiger partial charge is 0.277 e. The van der Waals surface area contributed by atoms with Gasteiger partial charge in [-0.3, -0.25) is 9.63 Å². The lowest BCUT2D eigenvalue weighted by Gasteiger charge is -2.13. The Bertz CT molecular complexity index is 375. The molecule has 0 fully saturated rings. The number of halogens is 3. The van der Waals surface area contributed by atoms with Gasteiger partial charge in [-0.15, -0.1) is 0 Å². The van der Waals surface area contributed by atoms with E-state index in [-0.39, 0.29) is 10.0 Å². The number of hydrogen-bond donors (Lipinski definition) is 0. The third-order valence-electron chi connectivity index (χ3n) is 1.79. The highest BCUT2D eigenvalue weighted by Gasteiger charge is 2.16. The van der Waals surface area contributed by atoms with Crippen molar-refractivity contribution in [2.45, 2.75) is 0 Å². The van der Waals surface area contributed by atoms with E-state index in [1.165, 1.54) is 14.2 Å². The number of amides is 1. The first kappa shape index (κ1) is 12.1. The highest BCUT2D eigenvalue weighted by Crippen LogP contribution is 2.21. The van der Waals surface area contributed by atoms with E-state index < -0.39 is 17.5 Å². The molecule has 0 unspecified atom stereocenters. The van der Waals surface area contributed by atoms with Gasteiger partial charge < -0.3 is 0 Å². The van der Waals surface area contributed by atoms with Crippen molar-refractivity contribution in [3.63, 3.8) is 0 Å². The molecule has 0 spiro atoms. The summed E-state index contributed by atoms with van der Waals surface area (Å²) in [6, 6.07) is 1.87. The SMILES string of the molecule is CON(C)C(=O)c1cc(F)c(Br)c(F)c1. The minimum absolute atomic E-state index is 0.113. The first-order valence-electron chi connectivity index (χ1n) is 3.94. The summed E-state index contributed by atoms with van der Waals surface area (Å²) < 4.78 is 25.8. The highest BCUT2D eigenvalue weighted by molar-refractivity contribution is 9.10. The fourth-order valence-corrected chi connectivity index (χ4v) is 1.17. The van der Waals surface area contributed by atoms with Gasteiger partial charge >= 0.3 is 0 Å². The molecule has 15 heavy (non-hydrogen) atoms. The summed E-state index contributed by atoms with van der Waals surface area (Å²) in [5.74, 6) is -2.28. The Balaban J connectivity index is 3.12. The van der Waals surface area contributed by atoms with Crippen molar-refractivity contribution in [2.75, 3.05) is 14.2 Å². The molecule has 0 aliphatic carbocycles. The van der Waals surface area contributed by atoms with E-state index in [0.29, 0.717) is 0 Å². The van der Waals surface area contributed by atoms with E-state index in [4.69, 9.17) is 0 Å². The van der Waals surface area contributed by atoms with Crippen LogP contribution in [0.3, 0.4) is 0 Å². The molecule has 1 amide bonds. The number of benzene rings is 1. The van der Waals surface area contributed by atoms with Gasteiger partial charge in [0.25, 0.3) is 5.91 Å². The molecular weight excluding hydrogens is 272 g/mol. The predicted octanol–water partition coefficient (Wildman–Crippen LogP) is 2.36. The second-order valence-electron chi connectivity index (χ2n) is 2.74. The average Bonchev–Trinajstić information content (AvgIpc) is 2.23. The summed E-state index contributed by atoms with van der Waals surface area (Å²) >= 11 is 2.71. The summed E-state index contributed by atoms with van der Waals surface area (Å²) in [6.45, 7) is 0. The maximum atomic E-state index is 13.1. The third kappa shape index (κ3) is 2.51. The Hall–Kier alpha value is -1.01. The van der Waals surface area contributed by atoms with Crippen molar-refractivity contribution < 1.29 is 18.4 Å². The molecule has 6 heteroatoms. The van der Waals surface area contributed by atoms with Crippen molar-refractivity contribution in [1.29, 1.82) is 0 Å². The summed E-state index contributed by atoms with van der Waals surface area (Å²) in [7, 11) is 2.63. The average molecular weight is 280 g/mol. The summed E-state index contributed by atoms with van der Waals surface area (Å²) in [4.78, 5) is 16.0. The summed E-state index contributed by atoms with van der Waals surface area (Å²) in [5.41, 5.74) is -0.113. The van der Waals surface area contributed by atoms with Crippen LogP contribution in [0.2, 0.25) is 0 Å². The zero-order valence-electron chi connectivity index (χ0n) is 8.05. The van der Waals surface area contributed by atoms with Crippen molar-refractivity contribution in [2.24, 2.45) is 0 Å². The Morgan fingerprint density at radius 1 is 1.40 bits per heavy atom. The number of carbonyl (C=O) groups excluding carboxylic acids is 1.